The van der Waals surface area contributed by atoms with Crippen LogP contribution >= 0.6 is 0 Å². The van der Waals surface area contributed by atoms with Gasteiger partial charge in [0.15, 0.2) is 11.6 Å². The Kier molecular flexibility index (Phi) is 8.31. The maximum Gasteiger partial charge on any atom is 0.406 e. The number of anilines is 1. The van der Waals surface area contributed by atoms with Crippen molar-refractivity contribution in [3.05, 3.63) is 83.4 Å². The zero-order valence-corrected chi connectivity index (χ0v) is 21.4. The second-order valence-electron chi connectivity index (χ2n) is 8.69. The second-order valence-corrected chi connectivity index (χ2v) is 8.69. The summed E-state index contributed by atoms with van der Waals surface area (Å²) in [7, 11) is 1.64. The van der Waals surface area contributed by atoms with Gasteiger partial charge < -0.3 is 25.8 Å². The molecule has 0 aliphatic carbocycles. The van der Waals surface area contributed by atoms with Gasteiger partial charge in [-0.3, -0.25) is 14.9 Å². The summed E-state index contributed by atoms with van der Waals surface area (Å²) in [5.74, 6) is -3.26. The summed E-state index contributed by atoms with van der Waals surface area (Å²) in [5.41, 5.74) is 6.69. The molecule has 0 radical (unpaired) electrons. The number of aromatic nitrogens is 3. The van der Waals surface area contributed by atoms with Gasteiger partial charge in [0.05, 0.1) is 17.5 Å². The topological polar surface area (TPSA) is 148 Å². The Morgan fingerprint density at radius 3 is 2.61 bits per heavy atom. The summed E-state index contributed by atoms with van der Waals surface area (Å²) < 4.78 is 61.1. The quantitative estimate of drug-likeness (QED) is 0.164. The number of hydrogen-bond donors (Lipinski definition) is 4. The Morgan fingerprint density at radius 2 is 1.95 bits per heavy atom. The first-order valence-corrected chi connectivity index (χ1v) is 12.0. The van der Waals surface area contributed by atoms with Crippen molar-refractivity contribution < 1.29 is 31.9 Å². The lowest BCUT2D eigenvalue weighted by Crippen LogP contribution is -2.22. The summed E-state index contributed by atoms with van der Waals surface area (Å²) in [6.45, 7) is -1.41. The van der Waals surface area contributed by atoms with Gasteiger partial charge in [0.2, 0.25) is 17.7 Å². The molecule has 2 heterocycles. The first-order chi connectivity index (χ1) is 19.5. The fourth-order valence-corrected chi connectivity index (χ4v) is 3.96. The first kappa shape index (κ1) is 28.7. The standard InChI is InChI=1S/C27H23F4N7O3/c1-34-13-17(12-32)16-5-6-21-20(11-16)36-26(38(21)14-27(29,30)31)37-23(39)10-15-4-7-22(19(28)9-15)41-25-18(24(33)40)3-2-8-35-25/h2-9,11-13,32,34H,10,14H2,1H3,(H2,33,40)(H,36,37,39)/b17-13+,32-12?. The Hall–Kier alpha value is -5.27. The number of nitrogens with two attached hydrogens (primary N) is 1. The van der Waals surface area contributed by atoms with Crippen LogP contribution in [0.2, 0.25) is 0 Å². The molecular formula is C27H23F4N7O3. The minimum atomic E-state index is -4.61. The van der Waals surface area contributed by atoms with Crippen molar-refractivity contribution in [2.75, 3.05) is 12.4 Å². The highest BCUT2D eigenvalue weighted by atomic mass is 19.4. The summed E-state index contributed by atoms with van der Waals surface area (Å²) in [6, 6.07) is 10.9. The molecule has 0 spiro atoms. The van der Waals surface area contributed by atoms with Gasteiger partial charge in [-0.1, -0.05) is 12.1 Å². The number of nitrogens with one attached hydrogen (secondary N) is 3. The molecule has 212 valence electrons. The molecule has 4 rings (SSSR count). The number of fused-ring (bicyclic) bond motifs is 1. The third-order valence-corrected chi connectivity index (χ3v) is 5.73. The summed E-state index contributed by atoms with van der Waals surface area (Å²) in [5, 5.41) is 12.7. The second kappa shape index (κ2) is 11.9. The first-order valence-electron chi connectivity index (χ1n) is 12.0. The van der Waals surface area contributed by atoms with Crippen molar-refractivity contribution in [3.8, 4) is 11.6 Å². The molecule has 2 aromatic heterocycles. The van der Waals surface area contributed by atoms with Crippen LogP contribution in [-0.4, -0.2) is 45.8 Å². The average molecular weight is 570 g/mol. The molecule has 14 heteroatoms. The number of ether oxygens (including phenoxy) is 1. The van der Waals surface area contributed by atoms with E-state index in [0.29, 0.717) is 11.1 Å². The number of alkyl halides is 3. The number of primary amides is 1. The molecule has 0 bridgehead atoms. The molecule has 0 aliphatic heterocycles. The average Bonchev–Trinajstić information content (AvgIpc) is 3.23. The predicted molar refractivity (Wildman–Crippen MR) is 143 cm³/mol. The molecule has 0 saturated carbocycles. The van der Waals surface area contributed by atoms with Gasteiger partial charge in [-0.25, -0.2) is 14.4 Å². The molecule has 0 fully saturated rings. The summed E-state index contributed by atoms with van der Waals surface area (Å²) in [6.07, 6.45) is -1.05. The highest BCUT2D eigenvalue weighted by molar-refractivity contribution is 6.09. The normalized spacial score (nSPS) is 11.8. The molecule has 4 aromatic rings. The number of carbonyl (C=O) groups excluding carboxylic acids is 2. The maximum absolute atomic E-state index is 14.8. The number of imidazole rings is 1. The van der Waals surface area contributed by atoms with E-state index in [0.717, 1.165) is 16.8 Å². The van der Waals surface area contributed by atoms with Crippen LogP contribution in [0.15, 0.2) is 60.9 Å². The Bertz CT molecular complexity index is 1660. The SMILES string of the molecule is CN/C=C(\C=N)c1ccc2c(c1)nc(NC(=O)Cc1ccc(Oc3ncccc3C(N)=O)c(F)c1)n2CC(F)(F)F. The van der Waals surface area contributed by atoms with Gasteiger partial charge in [0.1, 0.15) is 12.1 Å². The van der Waals surface area contributed by atoms with Crippen LogP contribution in [0.25, 0.3) is 16.6 Å². The van der Waals surface area contributed by atoms with Crippen LogP contribution in [0.4, 0.5) is 23.5 Å². The smallest absolute Gasteiger partial charge is 0.406 e. The van der Waals surface area contributed by atoms with Crippen LogP contribution in [0.5, 0.6) is 11.6 Å². The number of rotatable bonds is 10. The van der Waals surface area contributed by atoms with Gasteiger partial charge >= 0.3 is 6.18 Å². The van der Waals surface area contributed by atoms with Gasteiger partial charge in [0.25, 0.3) is 5.91 Å². The minimum absolute atomic E-state index is 0.0590. The third-order valence-electron chi connectivity index (χ3n) is 5.73. The van der Waals surface area contributed by atoms with Gasteiger partial charge in [-0.15, -0.1) is 0 Å². The number of halogens is 4. The van der Waals surface area contributed by atoms with E-state index < -0.39 is 36.8 Å². The lowest BCUT2D eigenvalue weighted by atomic mass is 10.1. The van der Waals surface area contributed by atoms with Crippen molar-refractivity contribution in [2.24, 2.45) is 5.73 Å². The number of hydrogen-bond acceptors (Lipinski definition) is 7. The summed E-state index contributed by atoms with van der Waals surface area (Å²) in [4.78, 5) is 32.4. The van der Waals surface area contributed by atoms with E-state index >= 15 is 0 Å². The van der Waals surface area contributed by atoms with Crippen LogP contribution in [0, 0.1) is 11.2 Å². The lowest BCUT2D eigenvalue weighted by Gasteiger charge is -2.13. The van der Waals surface area contributed by atoms with Crippen molar-refractivity contribution >= 4 is 40.6 Å². The summed E-state index contributed by atoms with van der Waals surface area (Å²) >= 11 is 0. The van der Waals surface area contributed by atoms with E-state index in [9.17, 15) is 27.2 Å². The minimum Gasteiger partial charge on any atom is -0.435 e. The number of carbonyl (C=O) groups is 2. The zero-order valence-electron chi connectivity index (χ0n) is 21.4. The van der Waals surface area contributed by atoms with Crippen molar-refractivity contribution in [2.45, 2.75) is 19.1 Å². The fraction of sp³-hybridized carbons (Fsp3) is 0.148. The molecule has 10 nitrogen and oxygen atoms in total. The Balaban J connectivity index is 1.57. The highest BCUT2D eigenvalue weighted by Crippen LogP contribution is 2.29. The van der Waals surface area contributed by atoms with E-state index in [1.165, 1.54) is 42.6 Å². The van der Waals surface area contributed by atoms with E-state index in [2.05, 4.69) is 20.6 Å². The van der Waals surface area contributed by atoms with Crippen LogP contribution in [0.3, 0.4) is 0 Å². The molecular weight excluding hydrogens is 546 g/mol. The van der Waals surface area contributed by atoms with E-state index in [1.54, 1.807) is 19.3 Å². The number of amides is 2. The molecule has 0 atom stereocenters. The molecule has 41 heavy (non-hydrogen) atoms. The van der Waals surface area contributed by atoms with Crippen molar-refractivity contribution in [3.63, 3.8) is 0 Å². The fourth-order valence-electron chi connectivity index (χ4n) is 3.96. The zero-order chi connectivity index (χ0) is 29.7. The van der Waals surface area contributed by atoms with Gasteiger partial charge in [-0.2, -0.15) is 13.2 Å². The van der Waals surface area contributed by atoms with Gasteiger partial charge in [-0.05, 0) is 47.5 Å². The van der Waals surface area contributed by atoms with E-state index in [4.69, 9.17) is 15.9 Å². The third kappa shape index (κ3) is 6.84. The van der Waals surface area contributed by atoms with E-state index in [1.807, 2.05) is 0 Å². The molecule has 0 unspecified atom stereocenters. The molecule has 5 N–H and O–H groups in total. The largest absolute Gasteiger partial charge is 0.435 e. The van der Waals surface area contributed by atoms with Crippen LogP contribution in [-0.2, 0) is 17.8 Å². The van der Waals surface area contributed by atoms with Crippen LogP contribution < -0.4 is 21.1 Å². The van der Waals surface area contributed by atoms with Gasteiger partial charge in [0, 0.05) is 31.2 Å². The number of allylic oxidation sites excluding steroid dienone is 1. The Labute approximate surface area is 230 Å². The monoisotopic (exact) mass is 569 g/mol. The molecule has 2 aromatic carbocycles. The lowest BCUT2D eigenvalue weighted by molar-refractivity contribution is -0.139. The highest BCUT2D eigenvalue weighted by Gasteiger charge is 2.31. The number of pyridine rings is 1. The Morgan fingerprint density at radius 1 is 1.17 bits per heavy atom. The van der Waals surface area contributed by atoms with Crippen LogP contribution in [0.1, 0.15) is 21.5 Å². The number of benzene rings is 2. The molecule has 0 saturated heterocycles. The van der Waals surface area contributed by atoms with Crippen molar-refractivity contribution in [1.29, 1.82) is 5.41 Å². The maximum atomic E-state index is 14.8. The molecule has 0 aliphatic rings. The molecule has 2 amide bonds. The van der Waals surface area contributed by atoms with Crippen molar-refractivity contribution in [1.82, 2.24) is 19.9 Å². The van der Waals surface area contributed by atoms with E-state index in [-0.39, 0.29) is 39.7 Å². The number of nitrogens with zero attached hydrogens (tertiary/aromatic N) is 3. The predicted octanol–water partition coefficient (Wildman–Crippen LogP) is 4.41.